The molecule has 0 aliphatic rings. The first-order valence-corrected chi connectivity index (χ1v) is 9.44. The normalized spacial score (nSPS) is 10.1. The molecule has 0 radical (unpaired) electrons. The third kappa shape index (κ3) is 4.89. The fraction of sp³-hybridized carbons (Fsp3) is 0.0800. The first-order chi connectivity index (χ1) is 14.6. The Bertz CT molecular complexity index is 1050. The summed E-state index contributed by atoms with van der Waals surface area (Å²) >= 11 is 0. The van der Waals surface area contributed by atoms with Crippen LogP contribution in [0.2, 0.25) is 0 Å². The number of anilines is 1. The van der Waals surface area contributed by atoms with Gasteiger partial charge in [0.05, 0.1) is 5.56 Å². The van der Waals surface area contributed by atoms with Crippen LogP contribution < -0.4 is 4.90 Å². The van der Waals surface area contributed by atoms with E-state index in [1.54, 1.807) is 60.7 Å². The molecule has 5 nitrogen and oxygen atoms in total. The van der Waals surface area contributed by atoms with Gasteiger partial charge in [-0.2, -0.15) is 0 Å². The molecule has 0 spiro atoms. The van der Waals surface area contributed by atoms with Gasteiger partial charge in [0.15, 0.2) is 12.4 Å². The molecule has 0 bridgehead atoms. The number of ether oxygens (including phenoxy) is 1. The summed E-state index contributed by atoms with van der Waals surface area (Å²) in [5.41, 5.74) is 1.49. The van der Waals surface area contributed by atoms with E-state index in [0.717, 1.165) is 0 Å². The third-order valence-electron chi connectivity index (χ3n) is 4.43. The Morgan fingerprint density at radius 2 is 1.37 bits per heavy atom. The summed E-state index contributed by atoms with van der Waals surface area (Å²) in [7, 11) is 0. The van der Waals surface area contributed by atoms with Crippen molar-refractivity contribution >= 4 is 23.3 Å². The highest BCUT2D eigenvalue weighted by Crippen LogP contribution is 2.17. The molecule has 3 rings (SSSR count). The highest BCUT2D eigenvalue weighted by atomic mass is 16.5. The van der Waals surface area contributed by atoms with E-state index in [4.69, 9.17) is 4.74 Å². The quantitative estimate of drug-likeness (QED) is 0.322. The summed E-state index contributed by atoms with van der Waals surface area (Å²) in [6.07, 6.45) is 1.60. The van der Waals surface area contributed by atoms with Crippen molar-refractivity contribution in [2.24, 2.45) is 0 Å². The van der Waals surface area contributed by atoms with E-state index in [0.29, 0.717) is 11.3 Å². The van der Waals surface area contributed by atoms with Crippen LogP contribution >= 0.6 is 0 Å². The van der Waals surface area contributed by atoms with Crippen molar-refractivity contribution < 1.29 is 19.1 Å². The van der Waals surface area contributed by atoms with Crippen molar-refractivity contribution in [2.45, 2.75) is 0 Å². The van der Waals surface area contributed by atoms with Crippen molar-refractivity contribution in [1.29, 1.82) is 0 Å². The second-order valence-electron chi connectivity index (χ2n) is 6.45. The van der Waals surface area contributed by atoms with E-state index in [1.165, 1.54) is 11.0 Å². The van der Waals surface area contributed by atoms with Crippen molar-refractivity contribution in [3.63, 3.8) is 0 Å². The van der Waals surface area contributed by atoms with Gasteiger partial charge in [-0.3, -0.25) is 9.59 Å². The number of carbonyl (C=O) groups excluding carboxylic acids is 3. The molecular weight excluding hydrogens is 378 g/mol. The maximum Gasteiger partial charge on any atom is 0.339 e. The third-order valence-corrected chi connectivity index (χ3v) is 4.43. The molecule has 0 fully saturated rings. The molecular formula is C25H21NO4. The maximum atomic E-state index is 12.8. The molecule has 3 aromatic rings. The van der Waals surface area contributed by atoms with Crippen LogP contribution in [0.4, 0.5) is 5.69 Å². The van der Waals surface area contributed by atoms with Crippen LogP contribution in [-0.4, -0.2) is 30.8 Å². The Kier molecular flexibility index (Phi) is 6.90. The van der Waals surface area contributed by atoms with E-state index in [-0.39, 0.29) is 29.4 Å². The average Bonchev–Trinajstić information content (AvgIpc) is 2.81. The average molecular weight is 399 g/mol. The zero-order valence-electron chi connectivity index (χ0n) is 16.4. The highest BCUT2D eigenvalue weighted by molar-refractivity contribution is 6.14. The second-order valence-corrected chi connectivity index (χ2v) is 6.45. The molecule has 0 aliphatic heterocycles. The summed E-state index contributed by atoms with van der Waals surface area (Å²) in [5, 5.41) is 0. The topological polar surface area (TPSA) is 63.7 Å². The molecule has 0 unspecified atom stereocenters. The summed E-state index contributed by atoms with van der Waals surface area (Å²) in [6.45, 7) is 3.50. The van der Waals surface area contributed by atoms with Crippen molar-refractivity contribution in [3.8, 4) is 0 Å². The zero-order chi connectivity index (χ0) is 21.3. The largest absolute Gasteiger partial charge is 0.452 e. The number of hydrogen-bond donors (Lipinski definition) is 0. The van der Waals surface area contributed by atoms with Crippen LogP contribution in [0.1, 0.15) is 26.3 Å². The molecule has 150 valence electrons. The summed E-state index contributed by atoms with van der Waals surface area (Å²) < 4.78 is 5.25. The number of esters is 1. The van der Waals surface area contributed by atoms with Crippen LogP contribution in [0.3, 0.4) is 0 Å². The molecule has 3 aromatic carbocycles. The summed E-state index contributed by atoms with van der Waals surface area (Å²) in [5.74, 6) is -1.40. The van der Waals surface area contributed by atoms with E-state index >= 15 is 0 Å². The van der Waals surface area contributed by atoms with Crippen molar-refractivity contribution in [1.82, 2.24) is 0 Å². The van der Waals surface area contributed by atoms with Gasteiger partial charge in [0.1, 0.15) is 0 Å². The van der Waals surface area contributed by atoms with E-state index in [1.807, 2.05) is 24.3 Å². The van der Waals surface area contributed by atoms with Gasteiger partial charge in [-0.15, -0.1) is 6.58 Å². The van der Waals surface area contributed by atoms with E-state index < -0.39 is 12.6 Å². The predicted molar refractivity (Wildman–Crippen MR) is 116 cm³/mol. The Labute approximate surface area is 175 Å². The van der Waals surface area contributed by atoms with Gasteiger partial charge in [-0.25, -0.2) is 4.79 Å². The lowest BCUT2D eigenvalue weighted by molar-refractivity contribution is -0.121. The maximum absolute atomic E-state index is 12.8. The number of benzene rings is 3. The molecule has 0 saturated carbocycles. The Balaban J connectivity index is 1.74. The Hall–Kier alpha value is -3.99. The second kappa shape index (κ2) is 9.98. The van der Waals surface area contributed by atoms with Crippen LogP contribution in [0.5, 0.6) is 0 Å². The van der Waals surface area contributed by atoms with Crippen LogP contribution in [0, 0.1) is 0 Å². The summed E-state index contributed by atoms with van der Waals surface area (Å²) in [6, 6.07) is 24.2. The Morgan fingerprint density at radius 3 is 2.00 bits per heavy atom. The molecule has 0 saturated heterocycles. The highest BCUT2D eigenvalue weighted by Gasteiger charge is 2.21. The van der Waals surface area contributed by atoms with Crippen molar-refractivity contribution in [2.75, 3.05) is 18.1 Å². The molecule has 30 heavy (non-hydrogen) atoms. The number of amides is 1. The lowest BCUT2D eigenvalue weighted by Crippen LogP contribution is -2.35. The molecule has 0 aromatic heterocycles. The molecule has 0 heterocycles. The minimum Gasteiger partial charge on any atom is -0.452 e. The zero-order valence-corrected chi connectivity index (χ0v) is 16.4. The number of rotatable bonds is 8. The van der Waals surface area contributed by atoms with E-state index in [9.17, 15) is 14.4 Å². The number of hydrogen-bond acceptors (Lipinski definition) is 4. The molecule has 0 atom stereocenters. The van der Waals surface area contributed by atoms with Crippen LogP contribution in [0.25, 0.3) is 0 Å². The SMILES string of the molecule is C=CCN(C(=O)COC(=O)c1ccccc1C(=O)c1ccccc1)c1ccccc1. The smallest absolute Gasteiger partial charge is 0.339 e. The molecule has 0 N–H and O–H groups in total. The molecule has 0 aliphatic carbocycles. The van der Waals surface area contributed by atoms with Gasteiger partial charge < -0.3 is 9.64 Å². The lowest BCUT2D eigenvalue weighted by Gasteiger charge is -2.21. The van der Waals surface area contributed by atoms with Crippen LogP contribution in [-0.2, 0) is 9.53 Å². The number of nitrogens with zero attached hydrogens (tertiary/aromatic N) is 1. The predicted octanol–water partition coefficient (Wildman–Crippen LogP) is 4.29. The number of para-hydroxylation sites is 1. The van der Waals surface area contributed by atoms with Gasteiger partial charge in [0.2, 0.25) is 0 Å². The molecule has 5 heteroatoms. The first-order valence-electron chi connectivity index (χ1n) is 9.44. The fourth-order valence-electron chi connectivity index (χ4n) is 2.98. The minimum atomic E-state index is -0.727. The van der Waals surface area contributed by atoms with Gasteiger partial charge in [0, 0.05) is 23.4 Å². The monoisotopic (exact) mass is 399 g/mol. The standard InChI is InChI=1S/C25H21NO4/c1-2-17-26(20-13-7-4-8-14-20)23(27)18-30-25(29)22-16-10-9-15-21(22)24(28)19-11-5-3-6-12-19/h2-16H,1,17-18H2. The summed E-state index contributed by atoms with van der Waals surface area (Å²) in [4.78, 5) is 39.6. The van der Waals surface area contributed by atoms with Gasteiger partial charge >= 0.3 is 5.97 Å². The fourth-order valence-corrected chi connectivity index (χ4v) is 2.98. The lowest BCUT2D eigenvalue weighted by atomic mass is 9.98. The number of ketones is 1. The number of carbonyl (C=O) groups is 3. The first kappa shape index (κ1) is 20.7. The Morgan fingerprint density at radius 1 is 0.800 bits per heavy atom. The van der Waals surface area contributed by atoms with Crippen molar-refractivity contribution in [3.05, 3.63) is 114 Å². The molecule has 1 amide bonds. The van der Waals surface area contributed by atoms with Gasteiger partial charge in [-0.1, -0.05) is 72.8 Å². The van der Waals surface area contributed by atoms with Gasteiger partial charge in [-0.05, 0) is 18.2 Å². The minimum absolute atomic E-state index is 0.120. The van der Waals surface area contributed by atoms with Crippen LogP contribution in [0.15, 0.2) is 97.6 Å². The van der Waals surface area contributed by atoms with Gasteiger partial charge in [0.25, 0.3) is 5.91 Å². The van der Waals surface area contributed by atoms with E-state index in [2.05, 4.69) is 6.58 Å².